The highest BCUT2D eigenvalue weighted by Crippen LogP contribution is 2.58. The fourth-order valence-corrected chi connectivity index (χ4v) is 14.0. The van der Waals surface area contributed by atoms with E-state index in [4.69, 9.17) is 43.8 Å². The van der Waals surface area contributed by atoms with Crippen LogP contribution >= 0.6 is 0 Å². The number of para-hydroxylation sites is 2. The number of amides is 4. The van der Waals surface area contributed by atoms with Crippen LogP contribution in [0.2, 0.25) is 0 Å². The maximum absolute atomic E-state index is 15.0. The summed E-state index contributed by atoms with van der Waals surface area (Å²) in [5.74, 6) is -3.35. The summed E-state index contributed by atoms with van der Waals surface area (Å²) < 4.78 is 48.6. The molecular formula is C81H80FN7O15. The predicted molar refractivity (Wildman–Crippen MR) is 382 cm³/mol. The fourth-order valence-electron chi connectivity index (χ4n) is 14.0. The summed E-state index contributed by atoms with van der Waals surface area (Å²) in [6, 6.07) is 62.9. The van der Waals surface area contributed by atoms with Crippen LogP contribution in [0.5, 0.6) is 17.2 Å². The van der Waals surface area contributed by atoms with Gasteiger partial charge in [0.25, 0.3) is 0 Å². The molecule has 7 N–H and O–H groups in total. The van der Waals surface area contributed by atoms with Gasteiger partial charge in [0.15, 0.2) is 11.6 Å². The van der Waals surface area contributed by atoms with Gasteiger partial charge in [-0.15, -0.1) is 0 Å². The van der Waals surface area contributed by atoms with Gasteiger partial charge in [0, 0.05) is 47.2 Å². The van der Waals surface area contributed by atoms with Crippen molar-refractivity contribution in [1.29, 1.82) is 0 Å². The highest BCUT2D eigenvalue weighted by Gasteiger charge is 2.66. The van der Waals surface area contributed by atoms with Crippen LogP contribution in [0.25, 0.3) is 32.6 Å². The van der Waals surface area contributed by atoms with Gasteiger partial charge < -0.3 is 38.6 Å². The van der Waals surface area contributed by atoms with Gasteiger partial charge in [0.1, 0.15) is 37.1 Å². The Bertz CT molecular complexity index is 4790. The number of ether oxygens (including phenoxy) is 6. The summed E-state index contributed by atoms with van der Waals surface area (Å²) in [4.78, 5) is 85.8. The topological polar surface area (TPSA) is 296 Å². The Hall–Kier alpha value is -11.4. The Morgan fingerprint density at radius 2 is 1.12 bits per heavy atom. The molecular weight excluding hydrogens is 1330 g/mol. The average Bonchev–Trinajstić information content (AvgIpc) is 1.56. The number of aryl methyl sites for hydroxylation is 1. The van der Waals surface area contributed by atoms with Gasteiger partial charge >= 0.3 is 11.9 Å². The first kappa shape index (κ1) is 72.4. The van der Waals surface area contributed by atoms with E-state index in [9.17, 15) is 34.0 Å². The summed E-state index contributed by atoms with van der Waals surface area (Å²) in [5.41, 5.74) is 10.6. The molecule has 0 spiro atoms. The number of hydrogen-bond acceptors (Lipinski definition) is 18. The number of esters is 2. The molecule has 1 aliphatic heterocycles. The predicted octanol–water partition coefficient (Wildman–Crippen LogP) is 11.3. The molecule has 104 heavy (non-hydrogen) atoms. The number of methoxy groups -OCH3 is 1. The summed E-state index contributed by atoms with van der Waals surface area (Å²) in [6.07, 6.45) is 1.35. The lowest BCUT2D eigenvalue weighted by atomic mass is 9.91. The quantitative estimate of drug-likeness (QED) is 0.0168. The largest absolute Gasteiger partial charge is 0.489 e. The van der Waals surface area contributed by atoms with Crippen LogP contribution in [0.4, 0.5) is 10.2 Å². The molecule has 3 heterocycles. The van der Waals surface area contributed by atoms with Crippen LogP contribution in [0.15, 0.2) is 200 Å². The van der Waals surface area contributed by atoms with Gasteiger partial charge in [-0.2, -0.15) is 0 Å². The van der Waals surface area contributed by atoms with E-state index in [0.717, 1.165) is 80.0 Å². The van der Waals surface area contributed by atoms with E-state index >= 15 is 4.39 Å². The number of carbonyl (C=O) groups is 6. The Labute approximate surface area is 599 Å². The second kappa shape index (κ2) is 32.3. The van der Waals surface area contributed by atoms with Crippen molar-refractivity contribution in [3.8, 4) is 17.2 Å². The van der Waals surface area contributed by atoms with Gasteiger partial charge in [-0.3, -0.25) is 49.4 Å². The van der Waals surface area contributed by atoms with Crippen molar-refractivity contribution in [3.05, 3.63) is 251 Å². The molecule has 1 saturated heterocycles. The molecule has 0 radical (unpaired) electrons. The van der Waals surface area contributed by atoms with E-state index in [0.29, 0.717) is 69.1 Å². The fraction of sp³-hybridized carbons (Fsp3) is 0.284. The van der Waals surface area contributed by atoms with Crippen LogP contribution in [0.3, 0.4) is 0 Å². The first-order valence-electron chi connectivity index (χ1n) is 34.3. The number of rotatable bonds is 24. The molecule has 3 aliphatic carbocycles. The zero-order chi connectivity index (χ0) is 73.0. The lowest BCUT2D eigenvalue weighted by Crippen LogP contribution is -2.38. The molecule has 8 aromatic carbocycles. The molecule has 10 aromatic rings. The summed E-state index contributed by atoms with van der Waals surface area (Å²) in [6.45, 7) is 7.97. The minimum Gasteiger partial charge on any atom is -0.489 e. The molecule has 536 valence electrons. The Balaban J connectivity index is 0.000000147. The van der Waals surface area contributed by atoms with E-state index in [1.807, 2.05) is 165 Å². The number of pyridine rings is 2. The zero-order valence-corrected chi connectivity index (χ0v) is 57.6. The number of benzene rings is 8. The Morgan fingerprint density at radius 3 is 1.79 bits per heavy atom. The SMILES string of the molecule is CCOC(=O)[C@@]1(Cc2ccc(OCc3cccc4ccccc34)cc2)C[C@@H]1C(=O)NO.COC(=O)[C@@]1(Cc2ccc(OCc3cc(N4CCOCC4)nc4ccccc34)c(F)c2)C[C@@H]1C(=O)NO.Cc1cc(COc2cccc([C@@]3(C(=O)NCc4ccccc4)CC3C(=O)NO)c2)c2ccccc2n1. The number of fused-ring (bicyclic) bond motifs is 3. The monoisotopic (exact) mass is 1410 g/mol. The average molecular weight is 1410 g/mol. The smallest absolute Gasteiger partial charge is 0.313 e. The molecule has 23 heteroatoms. The van der Waals surface area contributed by atoms with E-state index < -0.39 is 69.5 Å². The molecule has 0 bridgehead atoms. The highest BCUT2D eigenvalue weighted by atomic mass is 19.1. The van der Waals surface area contributed by atoms with Gasteiger partial charge in [0.05, 0.1) is 72.0 Å². The zero-order valence-electron chi connectivity index (χ0n) is 57.6. The normalized spacial score (nSPS) is 19.7. The van der Waals surface area contributed by atoms with Crippen LogP contribution in [-0.4, -0.2) is 101 Å². The molecule has 4 amide bonds. The Kier molecular flexibility index (Phi) is 22.5. The first-order chi connectivity index (χ1) is 50.5. The number of morpholine rings is 1. The standard InChI is InChI=1S/C29H27N3O4.C27H28FN3O6.C25H25NO5/c1-19-14-21(24-12-5-6-13-26(24)31-19)18-36-23-11-7-10-22(15-23)29(16-25(29)27(33)32-35)28(34)30-17-20-8-3-2-4-9-20;1-35-26(33)27(15-20(27)25(32)30-34)14-17-6-7-23(21(28)12-17)37-16-18-13-24(31-8-10-36-11-9-31)29-22-5-3-2-4-19(18)22;1-2-30-24(28)25(15-22(25)23(27)26-29)14-17-10-12-20(13-11-17)31-16-19-8-5-7-18-6-3-4-9-21(18)19/h2-15,25,35H,16-18H2,1H3,(H,30,34)(H,32,33);2-7,12-13,20,34H,8-11,14-16H2,1H3,(H,30,32);3-13,22,29H,2,14-16H2,1H3,(H,26,27)/t25?,29-;20-,27+;22-,25+/m011/s1. The van der Waals surface area contributed by atoms with Crippen molar-refractivity contribution in [2.45, 2.75) is 77.7 Å². The number of hydroxylamine groups is 3. The second-order valence-electron chi connectivity index (χ2n) is 26.4. The maximum atomic E-state index is 15.0. The van der Waals surface area contributed by atoms with Crippen molar-refractivity contribution in [2.24, 2.45) is 28.6 Å². The molecule has 1 unspecified atom stereocenters. The number of aromatic nitrogens is 2. The van der Waals surface area contributed by atoms with E-state index in [-0.39, 0.29) is 37.7 Å². The number of hydrogen-bond donors (Lipinski definition) is 7. The highest BCUT2D eigenvalue weighted by molar-refractivity contribution is 6.01. The minimum atomic E-state index is -1.12. The van der Waals surface area contributed by atoms with Crippen LogP contribution in [0.1, 0.15) is 70.8 Å². The third-order valence-corrected chi connectivity index (χ3v) is 19.8. The number of nitrogens with zero attached hydrogens (tertiary/aromatic N) is 3. The van der Waals surface area contributed by atoms with Crippen LogP contribution in [0, 0.1) is 41.3 Å². The van der Waals surface area contributed by atoms with Crippen molar-refractivity contribution in [2.75, 3.05) is 44.9 Å². The second-order valence-corrected chi connectivity index (χ2v) is 26.4. The molecule has 22 nitrogen and oxygen atoms in total. The number of carbonyl (C=O) groups excluding carboxylic acids is 6. The lowest BCUT2D eigenvalue weighted by Gasteiger charge is -2.28. The molecule has 4 aliphatic rings. The van der Waals surface area contributed by atoms with Crippen molar-refractivity contribution < 1.29 is 77.2 Å². The third-order valence-electron chi connectivity index (χ3n) is 19.8. The third kappa shape index (κ3) is 16.1. The van der Waals surface area contributed by atoms with Gasteiger partial charge in [-0.05, 0) is 145 Å². The maximum Gasteiger partial charge on any atom is 0.313 e. The summed E-state index contributed by atoms with van der Waals surface area (Å²) in [7, 11) is 1.24. The molecule has 14 rings (SSSR count). The molecule has 4 fully saturated rings. The van der Waals surface area contributed by atoms with Crippen molar-refractivity contribution >= 4 is 74.0 Å². The van der Waals surface area contributed by atoms with E-state index in [1.165, 1.54) is 30.0 Å². The van der Waals surface area contributed by atoms with E-state index in [1.54, 1.807) is 29.4 Å². The number of anilines is 1. The van der Waals surface area contributed by atoms with Gasteiger partial charge in [0.2, 0.25) is 23.6 Å². The Morgan fingerprint density at radius 1 is 0.548 bits per heavy atom. The minimum absolute atomic E-state index is 0.0742. The summed E-state index contributed by atoms with van der Waals surface area (Å²) in [5, 5.41) is 34.4. The van der Waals surface area contributed by atoms with Crippen LogP contribution in [-0.2, 0) is 87.6 Å². The molecule has 6 atom stereocenters. The molecule has 2 aromatic heterocycles. The van der Waals surface area contributed by atoms with Gasteiger partial charge in [-0.1, -0.05) is 140 Å². The van der Waals surface area contributed by atoms with Crippen molar-refractivity contribution in [1.82, 2.24) is 31.7 Å². The lowest BCUT2D eigenvalue weighted by molar-refractivity contribution is -0.152. The summed E-state index contributed by atoms with van der Waals surface area (Å²) >= 11 is 0. The van der Waals surface area contributed by atoms with Gasteiger partial charge in [-0.25, -0.2) is 25.8 Å². The van der Waals surface area contributed by atoms with Crippen LogP contribution < -0.4 is 40.9 Å². The number of halogens is 1. The molecule has 3 saturated carbocycles. The number of nitrogens with one attached hydrogen (secondary N) is 4. The van der Waals surface area contributed by atoms with E-state index in [2.05, 4.69) is 39.5 Å². The van der Waals surface area contributed by atoms with Crippen molar-refractivity contribution in [3.63, 3.8) is 0 Å². The first-order valence-corrected chi connectivity index (χ1v) is 34.3.